The van der Waals surface area contributed by atoms with Crippen molar-refractivity contribution in [3.05, 3.63) is 29.6 Å². The highest BCUT2D eigenvalue weighted by molar-refractivity contribution is 7.84. The van der Waals surface area contributed by atoms with Crippen LogP contribution in [0.2, 0.25) is 0 Å². The van der Waals surface area contributed by atoms with Gasteiger partial charge < -0.3 is 4.57 Å². The Labute approximate surface area is 121 Å². The Balaban J connectivity index is 2.46. The normalized spacial score (nSPS) is 14.7. The molecule has 1 heterocycles. The first-order valence-corrected chi connectivity index (χ1v) is 8.41. The molecule has 104 valence electrons. The van der Waals surface area contributed by atoms with Crippen molar-refractivity contribution in [3.63, 3.8) is 0 Å². The second-order valence-corrected chi connectivity index (χ2v) is 7.13. The lowest BCUT2D eigenvalue weighted by Gasteiger charge is -2.10. The first-order chi connectivity index (χ1) is 9.04. The number of aryl methyl sites for hydroxylation is 2. The minimum Gasteiger partial charge on any atom is -0.326 e. The lowest BCUT2D eigenvalue weighted by molar-refractivity contribution is 0.669. The fraction of sp³-hybridized carbons (Fsp3) is 0.500. The van der Waals surface area contributed by atoms with Gasteiger partial charge >= 0.3 is 0 Å². The van der Waals surface area contributed by atoms with E-state index < -0.39 is 10.8 Å². The lowest BCUT2D eigenvalue weighted by Crippen LogP contribution is -2.12. The second kappa shape index (κ2) is 6.06. The third-order valence-electron chi connectivity index (χ3n) is 3.23. The molecule has 0 aliphatic rings. The van der Waals surface area contributed by atoms with E-state index in [1.807, 2.05) is 39.0 Å². The van der Waals surface area contributed by atoms with Gasteiger partial charge in [-0.05, 0) is 25.5 Å². The molecule has 0 fully saturated rings. The lowest BCUT2D eigenvalue weighted by atomic mass is 10.2. The van der Waals surface area contributed by atoms with Gasteiger partial charge in [-0.15, -0.1) is 11.6 Å². The van der Waals surface area contributed by atoms with E-state index in [1.54, 1.807) is 0 Å². The van der Waals surface area contributed by atoms with Crippen molar-refractivity contribution in [2.75, 3.05) is 11.5 Å². The molecular formula is C14H19ClN2OS. The van der Waals surface area contributed by atoms with Crippen LogP contribution >= 0.6 is 11.6 Å². The molecule has 2 atom stereocenters. The Morgan fingerprint density at radius 2 is 2.21 bits per heavy atom. The first-order valence-electron chi connectivity index (χ1n) is 6.49. The number of hydrogen-bond donors (Lipinski definition) is 0. The molecule has 0 saturated heterocycles. The van der Waals surface area contributed by atoms with Crippen molar-refractivity contribution in [2.24, 2.45) is 0 Å². The predicted octanol–water partition coefficient (Wildman–Crippen LogP) is 3.41. The number of hydrogen-bond acceptors (Lipinski definition) is 2. The van der Waals surface area contributed by atoms with Gasteiger partial charge in [0.1, 0.15) is 5.82 Å². The molecule has 2 rings (SSSR count). The van der Waals surface area contributed by atoms with Gasteiger partial charge in [-0.2, -0.15) is 0 Å². The standard InChI is InChI=1S/C14H19ClN2OS/c1-4-19(18)9-8-17-12-7-5-6-10(2)13(12)16-14(17)11(3)15/h5-7,11H,4,8-9H2,1-3H3. The number of nitrogens with zero attached hydrogens (tertiary/aromatic N) is 2. The average molecular weight is 299 g/mol. The van der Waals surface area contributed by atoms with E-state index in [0.29, 0.717) is 18.1 Å². The van der Waals surface area contributed by atoms with E-state index in [-0.39, 0.29) is 5.38 Å². The Hall–Kier alpha value is -0.870. The molecule has 2 unspecified atom stereocenters. The van der Waals surface area contributed by atoms with Crippen LogP contribution in [0.15, 0.2) is 18.2 Å². The minimum atomic E-state index is -0.773. The van der Waals surface area contributed by atoms with Crippen LogP contribution < -0.4 is 0 Å². The monoisotopic (exact) mass is 298 g/mol. The zero-order valence-electron chi connectivity index (χ0n) is 11.5. The van der Waals surface area contributed by atoms with E-state index in [0.717, 1.165) is 22.4 Å². The van der Waals surface area contributed by atoms with Crippen molar-refractivity contribution in [3.8, 4) is 0 Å². The molecule has 0 amide bonds. The summed E-state index contributed by atoms with van der Waals surface area (Å²) in [6.45, 7) is 6.61. The summed E-state index contributed by atoms with van der Waals surface area (Å²) in [5.41, 5.74) is 3.22. The maximum absolute atomic E-state index is 11.6. The van der Waals surface area contributed by atoms with Gasteiger partial charge in [0.15, 0.2) is 0 Å². The average Bonchev–Trinajstić information content (AvgIpc) is 2.76. The van der Waals surface area contributed by atoms with Crippen LogP contribution in [0, 0.1) is 6.92 Å². The summed E-state index contributed by atoms with van der Waals surface area (Å²) in [5.74, 6) is 2.20. The third kappa shape index (κ3) is 3.00. The molecule has 0 saturated carbocycles. The highest BCUT2D eigenvalue weighted by Gasteiger charge is 2.16. The second-order valence-electron chi connectivity index (χ2n) is 4.61. The van der Waals surface area contributed by atoms with Crippen LogP contribution in [0.3, 0.4) is 0 Å². The Kier molecular flexibility index (Phi) is 4.63. The molecule has 19 heavy (non-hydrogen) atoms. The van der Waals surface area contributed by atoms with Crippen molar-refractivity contribution in [1.82, 2.24) is 9.55 Å². The van der Waals surface area contributed by atoms with Crippen molar-refractivity contribution < 1.29 is 4.21 Å². The Morgan fingerprint density at radius 3 is 2.84 bits per heavy atom. The highest BCUT2D eigenvalue weighted by Crippen LogP contribution is 2.26. The largest absolute Gasteiger partial charge is 0.326 e. The Bertz CT molecular complexity index is 607. The van der Waals surface area contributed by atoms with Gasteiger partial charge in [-0.25, -0.2) is 4.98 Å². The predicted molar refractivity (Wildman–Crippen MR) is 82.3 cm³/mol. The SMILES string of the molecule is CCS(=O)CCn1c(C(C)Cl)nc2c(C)cccc21. The first kappa shape index (κ1) is 14.5. The van der Waals surface area contributed by atoms with E-state index in [2.05, 4.69) is 9.55 Å². The molecule has 1 aromatic carbocycles. The number of para-hydroxylation sites is 1. The van der Waals surface area contributed by atoms with Crippen molar-refractivity contribution in [1.29, 1.82) is 0 Å². The van der Waals surface area contributed by atoms with E-state index in [4.69, 9.17) is 11.6 Å². The van der Waals surface area contributed by atoms with Crippen LogP contribution in [0.1, 0.15) is 30.6 Å². The van der Waals surface area contributed by atoms with Crippen LogP contribution in [-0.2, 0) is 17.3 Å². The van der Waals surface area contributed by atoms with E-state index >= 15 is 0 Å². The molecule has 0 aliphatic heterocycles. The molecule has 1 aromatic heterocycles. The number of alkyl halides is 1. The number of fused-ring (bicyclic) bond motifs is 1. The number of benzene rings is 1. The number of rotatable bonds is 5. The van der Waals surface area contributed by atoms with E-state index in [1.165, 1.54) is 0 Å². The highest BCUT2D eigenvalue weighted by atomic mass is 35.5. The molecule has 0 N–H and O–H groups in total. The summed E-state index contributed by atoms with van der Waals surface area (Å²) in [4.78, 5) is 4.65. The maximum atomic E-state index is 11.6. The van der Waals surface area contributed by atoms with Crippen LogP contribution in [0.5, 0.6) is 0 Å². The zero-order chi connectivity index (χ0) is 14.0. The molecule has 2 aromatic rings. The van der Waals surface area contributed by atoms with Gasteiger partial charge in [0.05, 0.1) is 16.4 Å². The molecule has 0 spiro atoms. The van der Waals surface area contributed by atoms with Gasteiger partial charge in [0.2, 0.25) is 0 Å². The van der Waals surface area contributed by atoms with Crippen molar-refractivity contribution in [2.45, 2.75) is 32.7 Å². The van der Waals surface area contributed by atoms with Gasteiger partial charge in [-0.3, -0.25) is 4.21 Å². The quantitative estimate of drug-likeness (QED) is 0.793. The Morgan fingerprint density at radius 1 is 1.47 bits per heavy atom. The number of aromatic nitrogens is 2. The van der Waals surface area contributed by atoms with Gasteiger partial charge in [-0.1, -0.05) is 19.1 Å². The van der Waals surface area contributed by atoms with Gasteiger partial charge in [0, 0.05) is 28.9 Å². The molecule has 3 nitrogen and oxygen atoms in total. The van der Waals surface area contributed by atoms with Crippen LogP contribution in [0.25, 0.3) is 11.0 Å². The molecule has 0 bridgehead atoms. The third-order valence-corrected chi connectivity index (χ3v) is 4.71. The molecule has 0 radical (unpaired) electrons. The maximum Gasteiger partial charge on any atom is 0.127 e. The molecule has 0 aliphatic carbocycles. The van der Waals surface area contributed by atoms with Crippen LogP contribution in [0.4, 0.5) is 0 Å². The molecule has 5 heteroatoms. The minimum absolute atomic E-state index is 0.151. The topological polar surface area (TPSA) is 34.9 Å². The summed E-state index contributed by atoms with van der Waals surface area (Å²) >= 11 is 6.22. The fourth-order valence-corrected chi connectivity index (χ4v) is 3.02. The van der Waals surface area contributed by atoms with Gasteiger partial charge in [0.25, 0.3) is 0 Å². The fourth-order valence-electron chi connectivity index (χ4n) is 2.18. The number of imidazole rings is 1. The smallest absolute Gasteiger partial charge is 0.127 e. The summed E-state index contributed by atoms with van der Waals surface area (Å²) in [6.07, 6.45) is 0. The summed E-state index contributed by atoms with van der Waals surface area (Å²) in [5, 5.41) is -0.151. The van der Waals surface area contributed by atoms with E-state index in [9.17, 15) is 4.21 Å². The summed E-state index contributed by atoms with van der Waals surface area (Å²) in [6, 6.07) is 6.12. The summed E-state index contributed by atoms with van der Waals surface area (Å²) < 4.78 is 13.7. The zero-order valence-corrected chi connectivity index (χ0v) is 13.1. The summed E-state index contributed by atoms with van der Waals surface area (Å²) in [7, 11) is -0.773. The van der Waals surface area contributed by atoms with Crippen LogP contribution in [-0.4, -0.2) is 25.3 Å². The van der Waals surface area contributed by atoms with Crippen molar-refractivity contribution >= 4 is 33.4 Å². The molecular weight excluding hydrogens is 280 g/mol. The number of halogens is 1.